The Balaban J connectivity index is 3.01. The van der Waals surface area contributed by atoms with Crippen molar-refractivity contribution in [2.75, 3.05) is 7.11 Å². The highest BCUT2D eigenvalue weighted by Crippen LogP contribution is 2.25. The van der Waals surface area contributed by atoms with E-state index in [-0.39, 0.29) is 5.91 Å². The van der Waals surface area contributed by atoms with Gasteiger partial charge in [-0.05, 0) is 28.1 Å². The van der Waals surface area contributed by atoms with Crippen molar-refractivity contribution in [3.05, 3.63) is 33.3 Å². The highest BCUT2D eigenvalue weighted by molar-refractivity contribution is 9.10. The summed E-state index contributed by atoms with van der Waals surface area (Å²) in [4.78, 5) is 15.8. The number of rotatable bonds is 2. The van der Waals surface area contributed by atoms with E-state index in [0.717, 1.165) is 0 Å². The molecule has 0 bridgehead atoms. The molecule has 0 aliphatic heterocycles. The molecule has 1 aromatic carbocycles. The van der Waals surface area contributed by atoms with E-state index in [1.54, 1.807) is 18.2 Å². The summed E-state index contributed by atoms with van der Waals surface area (Å²) in [5, 5.41) is 0.372. The van der Waals surface area contributed by atoms with Gasteiger partial charge in [-0.25, -0.2) is 5.48 Å². The number of hydrogen-bond acceptors (Lipinski definition) is 2. The van der Waals surface area contributed by atoms with Crippen LogP contribution in [0.1, 0.15) is 10.4 Å². The predicted molar refractivity (Wildman–Crippen MR) is 53.6 cm³/mol. The van der Waals surface area contributed by atoms with Crippen LogP contribution in [0.3, 0.4) is 0 Å². The van der Waals surface area contributed by atoms with E-state index in [9.17, 15) is 4.79 Å². The predicted octanol–water partition coefficient (Wildman–Crippen LogP) is 2.39. The van der Waals surface area contributed by atoms with E-state index < -0.39 is 0 Å². The monoisotopic (exact) mass is 263 g/mol. The first-order valence-electron chi connectivity index (χ1n) is 3.44. The second-order valence-corrected chi connectivity index (χ2v) is 3.47. The van der Waals surface area contributed by atoms with Gasteiger partial charge >= 0.3 is 0 Å². The van der Waals surface area contributed by atoms with Gasteiger partial charge in [-0.3, -0.25) is 9.63 Å². The molecular formula is C8H7BrClNO2. The summed E-state index contributed by atoms with van der Waals surface area (Å²) in [7, 11) is 1.36. The van der Waals surface area contributed by atoms with Gasteiger partial charge in [0.1, 0.15) is 0 Å². The lowest BCUT2D eigenvalue weighted by Gasteiger charge is -2.04. The zero-order valence-electron chi connectivity index (χ0n) is 6.80. The van der Waals surface area contributed by atoms with Gasteiger partial charge < -0.3 is 0 Å². The molecule has 70 valence electrons. The Morgan fingerprint density at radius 1 is 1.62 bits per heavy atom. The van der Waals surface area contributed by atoms with Gasteiger partial charge in [-0.15, -0.1) is 0 Å². The second-order valence-electron chi connectivity index (χ2n) is 2.24. The lowest BCUT2D eigenvalue weighted by molar-refractivity contribution is 0.0538. The molecule has 1 amide bonds. The summed E-state index contributed by atoms with van der Waals surface area (Å²) in [5.74, 6) is -0.367. The van der Waals surface area contributed by atoms with Gasteiger partial charge in [0.05, 0.1) is 17.7 Å². The zero-order valence-corrected chi connectivity index (χ0v) is 9.15. The molecule has 0 saturated carbocycles. The molecule has 5 heteroatoms. The van der Waals surface area contributed by atoms with Crippen LogP contribution in [0.4, 0.5) is 0 Å². The van der Waals surface area contributed by atoms with Gasteiger partial charge in [-0.2, -0.15) is 0 Å². The number of carbonyl (C=O) groups excluding carboxylic acids is 1. The van der Waals surface area contributed by atoms with Crippen molar-refractivity contribution in [1.82, 2.24) is 5.48 Å². The number of amides is 1. The van der Waals surface area contributed by atoms with Crippen LogP contribution in [-0.2, 0) is 4.84 Å². The molecule has 1 aromatic rings. The molecule has 1 rings (SSSR count). The summed E-state index contributed by atoms with van der Waals surface area (Å²) in [6.45, 7) is 0. The molecule has 0 radical (unpaired) electrons. The number of halogens is 2. The SMILES string of the molecule is CONC(=O)c1cccc(Br)c1Cl. The van der Waals surface area contributed by atoms with E-state index in [0.29, 0.717) is 15.1 Å². The minimum absolute atomic E-state index is 0.367. The Kier molecular flexibility index (Phi) is 3.71. The van der Waals surface area contributed by atoms with Crippen LogP contribution in [0, 0.1) is 0 Å². The number of hydrogen-bond donors (Lipinski definition) is 1. The minimum Gasteiger partial charge on any atom is -0.277 e. The van der Waals surface area contributed by atoms with Gasteiger partial charge in [-0.1, -0.05) is 17.7 Å². The average Bonchev–Trinajstić information content (AvgIpc) is 2.10. The Bertz CT molecular complexity index is 330. The normalized spacial score (nSPS) is 9.77. The van der Waals surface area contributed by atoms with Gasteiger partial charge in [0.25, 0.3) is 5.91 Å². The topological polar surface area (TPSA) is 38.3 Å². The first-order valence-corrected chi connectivity index (χ1v) is 4.61. The molecule has 0 saturated heterocycles. The van der Waals surface area contributed by atoms with Crippen molar-refractivity contribution >= 4 is 33.4 Å². The Labute approximate surface area is 89.1 Å². The lowest BCUT2D eigenvalue weighted by atomic mass is 10.2. The van der Waals surface area contributed by atoms with E-state index >= 15 is 0 Å². The molecule has 0 aromatic heterocycles. The first-order chi connectivity index (χ1) is 6.16. The van der Waals surface area contributed by atoms with Crippen LogP contribution in [0.15, 0.2) is 22.7 Å². The molecule has 0 atom stereocenters. The zero-order chi connectivity index (χ0) is 9.84. The molecule has 0 aliphatic carbocycles. The van der Waals surface area contributed by atoms with Crippen LogP contribution >= 0.6 is 27.5 Å². The quantitative estimate of drug-likeness (QED) is 0.833. The summed E-state index contributed by atoms with van der Waals surface area (Å²) in [6.07, 6.45) is 0. The van der Waals surface area contributed by atoms with Gasteiger partial charge in [0.2, 0.25) is 0 Å². The third kappa shape index (κ3) is 2.43. The Morgan fingerprint density at radius 2 is 2.31 bits per heavy atom. The minimum atomic E-state index is -0.367. The van der Waals surface area contributed by atoms with Crippen LogP contribution in [0.5, 0.6) is 0 Å². The third-order valence-corrected chi connectivity index (χ3v) is 2.69. The van der Waals surface area contributed by atoms with Crippen molar-refractivity contribution in [3.63, 3.8) is 0 Å². The molecule has 3 nitrogen and oxygen atoms in total. The molecule has 0 unspecified atom stereocenters. The van der Waals surface area contributed by atoms with Crippen LogP contribution in [-0.4, -0.2) is 13.0 Å². The summed E-state index contributed by atoms with van der Waals surface area (Å²) in [6, 6.07) is 5.09. The molecule has 0 spiro atoms. The largest absolute Gasteiger partial charge is 0.277 e. The van der Waals surface area contributed by atoms with Crippen molar-refractivity contribution in [2.45, 2.75) is 0 Å². The van der Waals surface area contributed by atoms with Crippen LogP contribution in [0.25, 0.3) is 0 Å². The molecule has 0 aliphatic rings. The number of nitrogens with one attached hydrogen (secondary N) is 1. The number of carbonyl (C=O) groups is 1. The lowest BCUT2D eigenvalue weighted by Crippen LogP contribution is -2.22. The van der Waals surface area contributed by atoms with E-state index in [1.807, 2.05) is 0 Å². The standard InChI is InChI=1S/C8H7BrClNO2/c1-13-11-8(12)5-3-2-4-6(9)7(5)10/h2-4H,1H3,(H,11,12). The smallest absolute Gasteiger partial charge is 0.276 e. The fourth-order valence-corrected chi connectivity index (χ4v) is 1.40. The van der Waals surface area contributed by atoms with E-state index in [4.69, 9.17) is 11.6 Å². The molecule has 1 N–H and O–H groups in total. The molecule has 0 heterocycles. The van der Waals surface area contributed by atoms with Crippen LogP contribution < -0.4 is 5.48 Å². The van der Waals surface area contributed by atoms with Crippen molar-refractivity contribution in [3.8, 4) is 0 Å². The number of benzene rings is 1. The third-order valence-electron chi connectivity index (χ3n) is 1.39. The van der Waals surface area contributed by atoms with Crippen molar-refractivity contribution < 1.29 is 9.63 Å². The fourth-order valence-electron chi connectivity index (χ4n) is 0.827. The van der Waals surface area contributed by atoms with Crippen molar-refractivity contribution in [1.29, 1.82) is 0 Å². The first kappa shape index (κ1) is 10.5. The molecular weight excluding hydrogens is 257 g/mol. The van der Waals surface area contributed by atoms with Crippen molar-refractivity contribution in [2.24, 2.45) is 0 Å². The summed E-state index contributed by atoms with van der Waals surface area (Å²) < 4.78 is 0.679. The maximum atomic E-state index is 11.3. The van der Waals surface area contributed by atoms with E-state index in [1.165, 1.54) is 7.11 Å². The van der Waals surface area contributed by atoms with E-state index in [2.05, 4.69) is 26.2 Å². The number of hydroxylamine groups is 1. The van der Waals surface area contributed by atoms with Gasteiger partial charge in [0, 0.05) is 4.47 Å². The average molecular weight is 265 g/mol. The van der Waals surface area contributed by atoms with Crippen LogP contribution in [0.2, 0.25) is 5.02 Å². The molecule has 0 fully saturated rings. The Hall–Kier alpha value is -0.580. The Morgan fingerprint density at radius 3 is 2.92 bits per heavy atom. The maximum absolute atomic E-state index is 11.3. The summed E-state index contributed by atoms with van der Waals surface area (Å²) in [5.41, 5.74) is 2.56. The highest BCUT2D eigenvalue weighted by atomic mass is 79.9. The van der Waals surface area contributed by atoms with Gasteiger partial charge in [0.15, 0.2) is 0 Å². The molecule has 13 heavy (non-hydrogen) atoms. The summed E-state index contributed by atoms with van der Waals surface area (Å²) >= 11 is 9.07. The maximum Gasteiger partial charge on any atom is 0.276 e. The fraction of sp³-hybridized carbons (Fsp3) is 0.125. The second kappa shape index (κ2) is 4.60. The highest BCUT2D eigenvalue weighted by Gasteiger charge is 2.11.